The predicted molar refractivity (Wildman–Crippen MR) is 115 cm³/mol. The van der Waals surface area contributed by atoms with Crippen LogP contribution in [0, 0.1) is 5.92 Å². The smallest absolute Gasteiger partial charge is 0.274 e. The van der Waals surface area contributed by atoms with E-state index in [1.54, 1.807) is 38.2 Å². The molecule has 2 aromatic heterocycles. The highest BCUT2D eigenvalue weighted by Gasteiger charge is 2.25. The molecule has 0 atom stereocenters. The van der Waals surface area contributed by atoms with Gasteiger partial charge in [-0.05, 0) is 69.7 Å². The number of nitrogens with one attached hydrogen (secondary N) is 1. The topological polar surface area (TPSA) is 100 Å². The van der Waals surface area contributed by atoms with Crippen molar-refractivity contribution in [2.75, 3.05) is 11.9 Å². The van der Waals surface area contributed by atoms with E-state index in [1.807, 2.05) is 23.0 Å². The van der Waals surface area contributed by atoms with Gasteiger partial charge >= 0.3 is 0 Å². The van der Waals surface area contributed by atoms with Crippen molar-refractivity contribution in [1.82, 2.24) is 14.8 Å². The van der Waals surface area contributed by atoms with Crippen LogP contribution in [0.15, 0.2) is 42.7 Å². The van der Waals surface area contributed by atoms with E-state index in [4.69, 9.17) is 5.10 Å². The number of benzene rings is 1. The fourth-order valence-corrected chi connectivity index (χ4v) is 4.16. The van der Waals surface area contributed by atoms with E-state index in [9.17, 15) is 15.0 Å². The minimum Gasteiger partial charge on any atom is -0.396 e. The van der Waals surface area contributed by atoms with Gasteiger partial charge in [-0.3, -0.25) is 14.5 Å². The maximum absolute atomic E-state index is 12.6. The zero-order valence-electron chi connectivity index (χ0n) is 17.4. The second-order valence-electron chi connectivity index (χ2n) is 8.65. The second-order valence-corrected chi connectivity index (χ2v) is 8.65. The van der Waals surface area contributed by atoms with Crippen LogP contribution in [-0.2, 0) is 5.60 Å². The van der Waals surface area contributed by atoms with Crippen LogP contribution < -0.4 is 5.32 Å². The van der Waals surface area contributed by atoms with E-state index in [-0.39, 0.29) is 12.5 Å². The van der Waals surface area contributed by atoms with Crippen molar-refractivity contribution >= 4 is 22.5 Å². The van der Waals surface area contributed by atoms with Crippen LogP contribution in [0.4, 0.5) is 5.69 Å². The second kappa shape index (κ2) is 8.16. The molecule has 1 amide bonds. The van der Waals surface area contributed by atoms with Crippen molar-refractivity contribution in [3.63, 3.8) is 0 Å². The molecule has 0 radical (unpaired) electrons. The molecule has 7 heteroatoms. The molecule has 1 aliphatic rings. The number of carbonyl (C=O) groups excluding carboxylic acids is 1. The standard InChI is InChI=1S/C23H28N4O3/c1-23(2,30)18-12-20-16(11-21(18)25-22(29)19-5-3-4-10-24-19)13-27(26-20)17-8-6-15(14-28)7-9-17/h3-5,10-13,15,17,28,30H,6-9,14H2,1-2H3,(H,25,29)/t15-,17-. The number of amides is 1. The number of carbonyl (C=O) groups is 1. The van der Waals surface area contributed by atoms with Crippen molar-refractivity contribution in [2.24, 2.45) is 5.92 Å². The Bertz CT molecular complexity index is 1030. The lowest BCUT2D eigenvalue weighted by atomic mass is 9.87. The summed E-state index contributed by atoms with van der Waals surface area (Å²) in [5.74, 6) is 0.0663. The number of nitrogens with zero attached hydrogens (tertiary/aromatic N) is 3. The molecule has 0 unspecified atom stereocenters. The molecule has 3 N–H and O–H groups in total. The van der Waals surface area contributed by atoms with E-state index in [2.05, 4.69) is 10.3 Å². The summed E-state index contributed by atoms with van der Waals surface area (Å²) in [6.45, 7) is 3.64. The molecule has 4 rings (SSSR count). The van der Waals surface area contributed by atoms with Crippen molar-refractivity contribution in [3.05, 3.63) is 54.0 Å². The van der Waals surface area contributed by atoms with E-state index >= 15 is 0 Å². The molecule has 7 nitrogen and oxygen atoms in total. The van der Waals surface area contributed by atoms with Crippen LogP contribution in [0.5, 0.6) is 0 Å². The van der Waals surface area contributed by atoms with E-state index in [1.165, 1.54) is 0 Å². The fourth-order valence-electron chi connectivity index (χ4n) is 4.16. The number of aliphatic hydroxyl groups excluding tert-OH is 1. The Balaban J connectivity index is 1.66. The monoisotopic (exact) mass is 408 g/mol. The molecule has 2 heterocycles. The number of rotatable bonds is 5. The van der Waals surface area contributed by atoms with Crippen molar-refractivity contribution in [2.45, 2.75) is 51.2 Å². The van der Waals surface area contributed by atoms with Gasteiger partial charge in [0.25, 0.3) is 5.91 Å². The Hall–Kier alpha value is -2.77. The summed E-state index contributed by atoms with van der Waals surface area (Å²) >= 11 is 0. The third-order valence-corrected chi connectivity index (χ3v) is 5.91. The maximum Gasteiger partial charge on any atom is 0.274 e. The highest BCUT2D eigenvalue weighted by molar-refractivity contribution is 6.04. The highest BCUT2D eigenvalue weighted by Crippen LogP contribution is 2.35. The zero-order chi connectivity index (χ0) is 21.3. The Morgan fingerprint density at radius 3 is 2.63 bits per heavy atom. The average Bonchev–Trinajstić information content (AvgIpc) is 3.16. The molecule has 1 fully saturated rings. The summed E-state index contributed by atoms with van der Waals surface area (Å²) in [4.78, 5) is 16.7. The van der Waals surface area contributed by atoms with Crippen molar-refractivity contribution in [3.8, 4) is 0 Å². The quantitative estimate of drug-likeness (QED) is 0.598. The van der Waals surface area contributed by atoms with E-state index < -0.39 is 5.60 Å². The first-order chi connectivity index (χ1) is 14.3. The molecular formula is C23H28N4O3. The first kappa shape index (κ1) is 20.5. The third-order valence-electron chi connectivity index (χ3n) is 5.91. The van der Waals surface area contributed by atoms with Crippen LogP contribution in [-0.4, -0.2) is 37.5 Å². The number of anilines is 1. The SMILES string of the molecule is CC(C)(O)c1cc2nn([C@H]3CC[C@H](CO)CC3)cc2cc1NC(=O)c1ccccn1. The molecular weight excluding hydrogens is 380 g/mol. The minimum atomic E-state index is -1.15. The van der Waals surface area contributed by atoms with Gasteiger partial charge in [0, 0.05) is 35.6 Å². The number of hydrogen-bond acceptors (Lipinski definition) is 5. The van der Waals surface area contributed by atoms with Gasteiger partial charge in [0.15, 0.2) is 0 Å². The predicted octanol–water partition coefficient (Wildman–Crippen LogP) is 3.63. The Labute approximate surface area is 175 Å². The normalized spacial score (nSPS) is 19.7. The lowest BCUT2D eigenvalue weighted by Crippen LogP contribution is -2.21. The van der Waals surface area contributed by atoms with Crippen LogP contribution in [0.2, 0.25) is 0 Å². The lowest BCUT2D eigenvalue weighted by molar-refractivity contribution is 0.0793. The minimum absolute atomic E-state index is 0.252. The lowest BCUT2D eigenvalue weighted by Gasteiger charge is -2.27. The molecule has 1 aromatic carbocycles. The first-order valence-electron chi connectivity index (χ1n) is 10.4. The van der Waals surface area contributed by atoms with E-state index in [0.29, 0.717) is 28.9 Å². The molecule has 158 valence electrons. The Morgan fingerprint density at radius 1 is 1.23 bits per heavy atom. The highest BCUT2D eigenvalue weighted by atomic mass is 16.3. The van der Waals surface area contributed by atoms with Gasteiger partial charge in [0.1, 0.15) is 5.69 Å². The molecule has 0 aliphatic heterocycles. The van der Waals surface area contributed by atoms with Crippen molar-refractivity contribution < 1.29 is 15.0 Å². The summed E-state index contributed by atoms with van der Waals surface area (Å²) in [6.07, 6.45) is 7.55. The van der Waals surface area contributed by atoms with Gasteiger partial charge in [-0.15, -0.1) is 0 Å². The van der Waals surface area contributed by atoms with Crippen LogP contribution >= 0.6 is 0 Å². The largest absolute Gasteiger partial charge is 0.396 e. The molecule has 1 aliphatic carbocycles. The molecule has 0 bridgehead atoms. The summed E-state index contributed by atoms with van der Waals surface area (Å²) in [7, 11) is 0. The summed E-state index contributed by atoms with van der Waals surface area (Å²) in [5, 5.41) is 28.6. The number of aromatic nitrogens is 3. The van der Waals surface area contributed by atoms with Crippen LogP contribution in [0.25, 0.3) is 10.9 Å². The summed E-state index contributed by atoms with van der Waals surface area (Å²) in [6, 6.07) is 9.19. The van der Waals surface area contributed by atoms with Crippen molar-refractivity contribution in [1.29, 1.82) is 0 Å². The average molecular weight is 409 g/mol. The molecule has 0 spiro atoms. The fraction of sp³-hybridized carbons (Fsp3) is 0.435. The molecule has 0 saturated heterocycles. The van der Waals surface area contributed by atoms with Gasteiger partial charge in [-0.1, -0.05) is 6.07 Å². The third kappa shape index (κ3) is 4.22. The molecule has 3 aromatic rings. The van der Waals surface area contributed by atoms with E-state index in [0.717, 1.165) is 36.6 Å². The van der Waals surface area contributed by atoms with Gasteiger partial charge in [0.2, 0.25) is 0 Å². The number of aliphatic hydroxyl groups is 2. The van der Waals surface area contributed by atoms with Gasteiger partial charge in [-0.25, -0.2) is 0 Å². The Kier molecular flexibility index (Phi) is 5.58. The summed E-state index contributed by atoms with van der Waals surface area (Å²) in [5.41, 5.74) is 1.11. The number of hydrogen-bond donors (Lipinski definition) is 3. The maximum atomic E-state index is 12.6. The number of pyridine rings is 1. The zero-order valence-corrected chi connectivity index (χ0v) is 17.4. The molecule has 1 saturated carbocycles. The number of fused-ring (bicyclic) bond motifs is 1. The Morgan fingerprint density at radius 2 is 2.00 bits per heavy atom. The van der Waals surface area contributed by atoms with Gasteiger partial charge in [-0.2, -0.15) is 5.10 Å². The van der Waals surface area contributed by atoms with Crippen LogP contribution in [0.1, 0.15) is 61.6 Å². The van der Waals surface area contributed by atoms with Gasteiger partial charge < -0.3 is 15.5 Å². The first-order valence-corrected chi connectivity index (χ1v) is 10.4. The van der Waals surface area contributed by atoms with Gasteiger partial charge in [0.05, 0.1) is 17.2 Å². The van der Waals surface area contributed by atoms with Crippen LogP contribution in [0.3, 0.4) is 0 Å². The summed E-state index contributed by atoms with van der Waals surface area (Å²) < 4.78 is 2.00. The molecule has 30 heavy (non-hydrogen) atoms.